The molecule has 1 unspecified atom stereocenters. The SMILES string of the molecule is CN=C(NCc1nc2ccccc2n1C)N1CCOC(c2cccc(C(F)(F)F)c2)C1.I. The summed E-state index contributed by atoms with van der Waals surface area (Å²) >= 11 is 0. The number of imidazole rings is 1. The number of nitrogens with zero attached hydrogens (tertiary/aromatic N) is 4. The Hall–Kier alpha value is -2.34. The van der Waals surface area contributed by atoms with Gasteiger partial charge < -0.3 is 19.5 Å². The van der Waals surface area contributed by atoms with Crippen LogP contribution in [-0.2, 0) is 24.5 Å². The Balaban J connectivity index is 0.00000289. The van der Waals surface area contributed by atoms with E-state index in [1.54, 1.807) is 13.1 Å². The summed E-state index contributed by atoms with van der Waals surface area (Å²) in [5.41, 5.74) is 1.80. The Morgan fingerprint density at radius 1 is 1.22 bits per heavy atom. The Morgan fingerprint density at radius 2 is 2.00 bits per heavy atom. The number of benzene rings is 2. The standard InChI is InChI=1S/C22H24F3N5O.HI/c1-26-21(27-13-20-28-17-8-3-4-9-18(17)29(20)2)30-10-11-31-19(14-30)15-6-5-7-16(12-15)22(23,24)25;/h3-9,12,19H,10-11,13-14H2,1-2H3,(H,26,27);1H. The van der Waals surface area contributed by atoms with Crippen molar-refractivity contribution in [1.29, 1.82) is 0 Å². The molecule has 0 bridgehead atoms. The molecule has 6 nitrogen and oxygen atoms in total. The predicted octanol–water partition coefficient (Wildman–Crippen LogP) is 4.36. The first-order chi connectivity index (χ1) is 14.9. The van der Waals surface area contributed by atoms with Crippen LogP contribution < -0.4 is 5.32 Å². The van der Waals surface area contributed by atoms with Crippen LogP contribution in [0.4, 0.5) is 13.2 Å². The van der Waals surface area contributed by atoms with Crippen LogP contribution in [0.15, 0.2) is 53.5 Å². The lowest BCUT2D eigenvalue weighted by atomic mass is 10.0. The monoisotopic (exact) mass is 559 g/mol. The molecule has 10 heteroatoms. The largest absolute Gasteiger partial charge is 0.416 e. The highest BCUT2D eigenvalue weighted by Crippen LogP contribution is 2.32. The van der Waals surface area contributed by atoms with Crippen LogP contribution in [0.5, 0.6) is 0 Å². The number of rotatable bonds is 3. The molecule has 0 radical (unpaired) electrons. The van der Waals surface area contributed by atoms with Crippen molar-refractivity contribution >= 4 is 41.0 Å². The predicted molar refractivity (Wildman–Crippen MR) is 128 cm³/mol. The molecule has 1 N–H and O–H groups in total. The smallest absolute Gasteiger partial charge is 0.370 e. The summed E-state index contributed by atoms with van der Waals surface area (Å²) in [6.07, 6.45) is -4.85. The first-order valence-corrected chi connectivity index (χ1v) is 10.0. The molecule has 32 heavy (non-hydrogen) atoms. The number of morpholine rings is 1. The van der Waals surface area contributed by atoms with Gasteiger partial charge in [0.25, 0.3) is 0 Å². The van der Waals surface area contributed by atoms with E-state index in [1.807, 2.05) is 40.8 Å². The average Bonchev–Trinajstić information content (AvgIpc) is 3.10. The van der Waals surface area contributed by atoms with Gasteiger partial charge in [-0.3, -0.25) is 4.99 Å². The van der Waals surface area contributed by atoms with Crippen molar-refractivity contribution < 1.29 is 17.9 Å². The quantitative estimate of drug-likeness (QED) is 0.295. The first-order valence-electron chi connectivity index (χ1n) is 10.0. The molecule has 2 aromatic carbocycles. The van der Waals surface area contributed by atoms with E-state index >= 15 is 0 Å². The molecule has 1 aliphatic rings. The summed E-state index contributed by atoms with van der Waals surface area (Å²) in [5, 5.41) is 3.32. The van der Waals surface area contributed by atoms with Crippen LogP contribution in [0.3, 0.4) is 0 Å². The van der Waals surface area contributed by atoms with Gasteiger partial charge in [-0.15, -0.1) is 24.0 Å². The molecule has 172 valence electrons. The molecule has 3 aromatic rings. The fraction of sp³-hybridized carbons (Fsp3) is 0.364. The number of alkyl halides is 3. The van der Waals surface area contributed by atoms with Gasteiger partial charge in [-0.2, -0.15) is 13.2 Å². The first kappa shape index (κ1) is 24.3. The molecule has 0 spiro atoms. The molecule has 2 heterocycles. The average molecular weight is 559 g/mol. The summed E-state index contributed by atoms with van der Waals surface area (Å²) in [5.74, 6) is 1.53. The number of ether oxygens (including phenoxy) is 1. The summed E-state index contributed by atoms with van der Waals surface area (Å²) in [7, 11) is 3.65. The third-order valence-corrected chi connectivity index (χ3v) is 5.45. The van der Waals surface area contributed by atoms with E-state index in [1.165, 1.54) is 6.07 Å². The summed E-state index contributed by atoms with van der Waals surface area (Å²) in [6.45, 7) is 1.87. The van der Waals surface area contributed by atoms with Crippen LogP contribution >= 0.6 is 24.0 Å². The Bertz CT molecular complexity index is 1100. The molecule has 0 amide bonds. The van der Waals surface area contributed by atoms with Gasteiger partial charge in [-0.1, -0.05) is 24.3 Å². The number of aromatic nitrogens is 2. The second kappa shape index (κ2) is 10.1. The third kappa shape index (κ3) is 5.17. The van der Waals surface area contributed by atoms with Crippen LogP contribution in [0.25, 0.3) is 11.0 Å². The number of aryl methyl sites for hydroxylation is 1. The molecular formula is C22H25F3IN5O. The lowest BCUT2D eigenvalue weighted by Crippen LogP contribution is -2.48. The number of aliphatic imine (C=N–C) groups is 1. The van der Waals surface area contributed by atoms with Gasteiger partial charge in [0.05, 0.1) is 36.3 Å². The highest BCUT2D eigenvalue weighted by Gasteiger charge is 2.32. The van der Waals surface area contributed by atoms with Crippen molar-refractivity contribution in [3.63, 3.8) is 0 Å². The van der Waals surface area contributed by atoms with Crippen LogP contribution in [0.2, 0.25) is 0 Å². The van der Waals surface area contributed by atoms with E-state index in [0.717, 1.165) is 29.0 Å². The molecule has 4 rings (SSSR count). The zero-order valence-electron chi connectivity index (χ0n) is 17.8. The fourth-order valence-corrected chi connectivity index (χ4v) is 3.80. The van der Waals surface area contributed by atoms with E-state index in [4.69, 9.17) is 4.74 Å². The Morgan fingerprint density at radius 3 is 2.72 bits per heavy atom. The molecule has 1 saturated heterocycles. The maximum atomic E-state index is 13.1. The molecule has 1 aliphatic heterocycles. The minimum atomic E-state index is -4.38. The van der Waals surface area contributed by atoms with Crippen molar-refractivity contribution in [3.05, 3.63) is 65.5 Å². The van der Waals surface area contributed by atoms with Gasteiger partial charge in [-0.25, -0.2) is 4.98 Å². The normalized spacial score (nSPS) is 17.3. The van der Waals surface area contributed by atoms with Gasteiger partial charge in [0.2, 0.25) is 0 Å². The number of hydrogen-bond donors (Lipinski definition) is 1. The van der Waals surface area contributed by atoms with Crippen molar-refractivity contribution in [3.8, 4) is 0 Å². The maximum absolute atomic E-state index is 13.1. The number of fused-ring (bicyclic) bond motifs is 1. The van der Waals surface area contributed by atoms with Crippen LogP contribution in [0, 0.1) is 0 Å². The number of halogens is 4. The van der Waals surface area contributed by atoms with E-state index in [9.17, 15) is 13.2 Å². The highest BCUT2D eigenvalue weighted by molar-refractivity contribution is 14.0. The molecule has 1 fully saturated rings. The second-order valence-electron chi connectivity index (χ2n) is 7.41. The third-order valence-electron chi connectivity index (χ3n) is 5.45. The topological polar surface area (TPSA) is 54.7 Å². The van der Waals surface area contributed by atoms with Crippen molar-refractivity contribution in [2.45, 2.75) is 18.8 Å². The second-order valence-corrected chi connectivity index (χ2v) is 7.41. The van der Waals surface area contributed by atoms with E-state index < -0.39 is 17.8 Å². The van der Waals surface area contributed by atoms with Gasteiger partial charge >= 0.3 is 6.18 Å². The van der Waals surface area contributed by atoms with E-state index in [0.29, 0.717) is 37.8 Å². The van der Waals surface area contributed by atoms with Crippen molar-refractivity contribution in [2.24, 2.45) is 12.0 Å². The molecule has 1 aromatic heterocycles. The lowest BCUT2D eigenvalue weighted by Gasteiger charge is -2.35. The van der Waals surface area contributed by atoms with Crippen LogP contribution in [0.1, 0.15) is 23.1 Å². The number of hydrogen-bond acceptors (Lipinski definition) is 3. The number of guanidine groups is 1. The minimum Gasteiger partial charge on any atom is -0.370 e. The van der Waals surface area contributed by atoms with Crippen molar-refractivity contribution in [2.75, 3.05) is 26.7 Å². The van der Waals surface area contributed by atoms with Crippen LogP contribution in [-0.4, -0.2) is 47.2 Å². The lowest BCUT2D eigenvalue weighted by molar-refractivity contribution is -0.137. The zero-order chi connectivity index (χ0) is 22.0. The van der Waals surface area contributed by atoms with E-state index in [-0.39, 0.29) is 24.0 Å². The Kier molecular flexibility index (Phi) is 7.65. The van der Waals surface area contributed by atoms with Gasteiger partial charge in [0.15, 0.2) is 5.96 Å². The minimum absolute atomic E-state index is 0. The summed E-state index contributed by atoms with van der Waals surface area (Å²) in [6, 6.07) is 13.2. The molecule has 0 aliphatic carbocycles. The number of para-hydroxylation sites is 2. The van der Waals surface area contributed by atoms with Gasteiger partial charge in [0, 0.05) is 20.6 Å². The maximum Gasteiger partial charge on any atom is 0.416 e. The molecule has 0 saturated carbocycles. The summed E-state index contributed by atoms with van der Waals surface area (Å²) in [4.78, 5) is 11.0. The molecule has 1 atom stereocenters. The highest BCUT2D eigenvalue weighted by atomic mass is 127. The van der Waals surface area contributed by atoms with Gasteiger partial charge in [-0.05, 0) is 29.8 Å². The zero-order valence-corrected chi connectivity index (χ0v) is 20.1. The fourth-order valence-electron chi connectivity index (χ4n) is 3.80. The number of nitrogens with one attached hydrogen (secondary N) is 1. The Labute approximate surface area is 201 Å². The van der Waals surface area contributed by atoms with Gasteiger partial charge in [0.1, 0.15) is 11.9 Å². The summed E-state index contributed by atoms with van der Waals surface area (Å²) < 4.78 is 47.0. The van der Waals surface area contributed by atoms with E-state index in [2.05, 4.69) is 15.3 Å². The molecular weight excluding hydrogens is 534 g/mol. The van der Waals surface area contributed by atoms with Crippen molar-refractivity contribution in [1.82, 2.24) is 19.8 Å².